The van der Waals surface area contributed by atoms with E-state index in [2.05, 4.69) is 48.4 Å². The Bertz CT molecular complexity index is 201. The van der Waals surface area contributed by atoms with Crippen molar-refractivity contribution in [3.8, 4) is 0 Å². The van der Waals surface area contributed by atoms with Crippen molar-refractivity contribution in [3.63, 3.8) is 0 Å². The van der Waals surface area contributed by atoms with E-state index in [-0.39, 0.29) is 0 Å². The van der Waals surface area contributed by atoms with Gasteiger partial charge in [-0.2, -0.15) is 0 Å². The predicted octanol–water partition coefficient (Wildman–Crippen LogP) is -0.0645. The molecule has 1 heterocycles. The molecule has 0 saturated carbocycles. The first-order valence-electron chi connectivity index (χ1n) is 3.27. The summed E-state index contributed by atoms with van der Waals surface area (Å²) in [5.41, 5.74) is 0. The molecule has 1 rings (SSSR count). The van der Waals surface area contributed by atoms with Gasteiger partial charge in [-0.3, -0.25) is 0 Å². The predicted molar refractivity (Wildman–Crippen MR) is 64.9 cm³/mol. The van der Waals surface area contributed by atoms with Gasteiger partial charge in [0.1, 0.15) is 0 Å². The van der Waals surface area contributed by atoms with Crippen molar-refractivity contribution < 1.29 is 17.8 Å². The van der Waals surface area contributed by atoms with Gasteiger partial charge in [0.05, 0.1) is 0 Å². The minimum atomic E-state index is 0.530. The second-order valence-corrected chi connectivity index (χ2v) is 18.2. The average Bonchev–Trinajstić information content (AvgIpc) is 2.08. The molecule has 0 N–H and O–H groups in total. The third kappa shape index (κ3) is 7.71. The number of rotatable bonds is 2. The summed E-state index contributed by atoms with van der Waals surface area (Å²) in [5.74, 6) is 0. The van der Waals surface area contributed by atoms with Crippen LogP contribution in [-0.4, -0.2) is 0 Å². The van der Waals surface area contributed by atoms with Crippen LogP contribution in [0.15, 0.2) is 43.2 Å². The van der Waals surface area contributed by atoms with Gasteiger partial charge in [-0.25, -0.2) is 4.57 Å². The Labute approximate surface area is 103 Å². The summed E-state index contributed by atoms with van der Waals surface area (Å²) in [6, 6.07) is 6.01. The van der Waals surface area contributed by atoms with Gasteiger partial charge in [0.2, 0.25) is 0 Å². The fourth-order valence-electron chi connectivity index (χ4n) is 0.705. The first-order chi connectivity index (χ1) is 5.85. The molecule has 0 unspecified atom stereocenters. The summed E-state index contributed by atoms with van der Waals surface area (Å²) in [6.45, 7) is 4.52. The molecular formula is C8H10I3N. The standard InChI is InChI=1S/C8H10N.I3/c1-2-6-9-7-4-3-5-8-9;1-3-2/h2-5,7-8H,1,6H2;/q+1;-1. The third-order valence-electron chi connectivity index (χ3n) is 1.12. The van der Waals surface area contributed by atoms with Crippen molar-refractivity contribution in [2.75, 3.05) is 0 Å². The van der Waals surface area contributed by atoms with Gasteiger partial charge in [-0.15, -0.1) is 0 Å². The van der Waals surface area contributed by atoms with E-state index in [0.717, 1.165) is 6.54 Å². The van der Waals surface area contributed by atoms with Crippen LogP contribution in [0.3, 0.4) is 0 Å². The molecule has 1 aromatic heterocycles. The monoisotopic (exact) mass is 501 g/mol. The van der Waals surface area contributed by atoms with Crippen molar-refractivity contribution in [3.05, 3.63) is 43.2 Å². The molecule has 0 aliphatic carbocycles. The third-order valence-corrected chi connectivity index (χ3v) is 1.12. The quantitative estimate of drug-likeness (QED) is 0.304. The van der Waals surface area contributed by atoms with E-state index in [0.29, 0.717) is 13.3 Å². The van der Waals surface area contributed by atoms with Crippen molar-refractivity contribution in [2.24, 2.45) is 0 Å². The van der Waals surface area contributed by atoms with Crippen LogP contribution < -0.4 is 17.8 Å². The normalized spacial score (nSPS) is 8.50. The summed E-state index contributed by atoms with van der Waals surface area (Å²) in [4.78, 5) is 0. The van der Waals surface area contributed by atoms with Gasteiger partial charge >= 0.3 is 50.5 Å². The van der Waals surface area contributed by atoms with Crippen LogP contribution >= 0.6 is 37.2 Å². The first-order valence-corrected chi connectivity index (χ1v) is 15.8. The Morgan fingerprint density at radius 2 is 1.75 bits per heavy atom. The summed E-state index contributed by atoms with van der Waals surface area (Å²) < 4.78 is 2.06. The van der Waals surface area contributed by atoms with Gasteiger partial charge in [-0.05, 0) is 6.08 Å². The van der Waals surface area contributed by atoms with Gasteiger partial charge in [0.25, 0.3) is 0 Å². The van der Waals surface area contributed by atoms with E-state index in [1.807, 2.05) is 36.7 Å². The summed E-state index contributed by atoms with van der Waals surface area (Å²) >= 11 is 5.30. The maximum atomic E-state index is 3.64. The molecule has 1 nitrogen and oxygen atoms in total. The van der Waals surface area contributed by atoms with E-state index in [4.69, 9.17) is 0 Å². The summed E-state index contributed by atoms with van der Waals surface area (Å²) in [5, 5.41) is 0. The van der Waals surface area contributed by atoms with E-state index in [1.165, 1.54) is 0 Å². The molecule has 0 saturated heterocycles. The molecule has 0 atom stereocenters. The van der Waals surface area contributed by atoms with Gasteiger partial charge < -0.3 is 0 Å². The van der Waals surface area contributed by atoms with Crippen molar-refractivity contribution in [1.29, 1.82) is 0 Å². The van der Waals surface area contributed by atoms with E-state index in [9.17, 15) is 0 Å². The van der Waals surface area contributed by atoms with Crippen molar-refractivity contribution in [2.45, 2.75) is 6.54 Å². The fourth-order valence-corrected chi connectivity index (χ4v) is 0.705. The summed E-state index contributed by atoms with van der Waals surface area (Å²) in [7, 11) is 0. The molecule has 0 aromatic carbocycles. The molecule has 0 spiro atoms. The van der Waals surface area contributed by atoms with Crippen LogP contribution in [-0.2, 0) is 6.54 Å². The Kier molecular flexibility index (Phi) is 11.1. The first kappa shape index (κ1) is 13.1. The van der Waals surface area contributed by atoms with Crippen molar-refractivity contribution >= 4 is 37.2 Å². The van der Waals surface area contributed by atoms with E-state index < -0.39 is 0 Å². The van der Waals surface area contributed by atoms with Crippen LogP contribution in [0.25, 0.3) is 0 Å². The Morgan fingerprint density at radius 1 is 1.25 bits per heavy atom. The van der Waals surface area contributed by atoms with E-state index in [1.54, 1.807) is 0 Å². The van der Waals surface area contributed by atoms with Crippen molar-refractivity contribution in [1.82, 2.24) is 0 Å². The zero-order valence-electron chi connectivity index (χ0n) is 6.46. The van der Waals surface area contributed by atoms with Crippen LogP contribution in [0.1, 0.15) is 0 Å². The topological polar surface area (TPSA) is 3.88 Å². The number of halogens is 3. The molecule has 0 fully saturated rings. The zero-order chi connectivity index (χ0) is 9.23. The molecular weight excluding hydrogens is 491 g/mol. The van der Waals surface area contributed by atoms with Crippen LogP contribution in [0.4, 0.5) is 0 Å². The molecule has 0 amide bonds. The number of pyridine rings is 1. The molecule has 1 aromatic rings. The molecule has 0 aliphatic heterocycles. The van der Waals surface area contributed by atoms with Gasteiger partial charge in [0.15, 0.2) is 18.9 Å². The van der Waals surface area contributed by atoms with Gasteiger partial charge in [-0.1, -0.05) is 12.6 Å². The average molecular weight is 501 g/mol. The number of hydrogen-bond acceptors (Lipinski definition) is 0. The Balaban J connectivity index is 0.000000354. The molecule has 4 heteroatoms. The Morgan fingerprint density at radius 3 is 2.17 bits per heavy atom. The second-order valence-electron chi connectivity index (χ2n) is 1.91. The fraction of sp³-hybridized carbons (Fsp3) is 0.125. The Hall–Kier alpha value is 1.08. The number of nitrogens with zero attached hydrogens (tertiary/aromatic N) is 1. The number of hydrogen-bond donors (Lipinski definition) is 0. The van der Waals surface area contributed by atoms with Crippen LogP contribution in [0, 0.1) is 0 Å². The second kappa shape index (κ2) is 10.2. The maximum absolute atomic E-state index is 3.64. The summed E-state index contributed by atoms with van der Waals surface area (Å²) in [6.07, 6.45) is 5.91. The van der Waals surface area contributed by atoms with Crippen LogP contribution in [0.2, 0.25) is 0 Å². The minimum absolute atomic E-state index is 0.530. The van der Waals surface area contributed by atoms with E-state index >= 15 is 0 Å². The van der Waals surface area contributed by atoms with Gasteiger partial charge in [0, 0.05) is 12.1 Å². The van der Waals surface area contributed by atoms with Crippen LogP contribution in [0.5, 0.6) is 0 Å². The molecule has 12 heavy (non-hydrogen) atoms. The zero-order valence-corrected chi connectivity index (χ0v) is 12.9. The molecule has 68 valence electrons. The SMILES string of the molecule is C=CC[n+]1ccccc1.I[I-]I. The molecule has 0 radical (unpaired) electrons. The number of allylic oxidation sites excluding steroid dienone is 1. The molecule has 0 aliphatic rings. The number of aromatic nitrogens is 1. The molecule has 0 bridgehead atoms.